The molecule has 1 atom stereocenters. The molecule has 1 unspecified atom stereocenters. The van der Waals surface area contributed by atoms with Gasteiger partial charge in [-0.25, -0.2) is 4.98 Å². The SMILES string of the molecule is O=C(c1cc(-c2cccnc2)on1)N1CCC(Oc2ccccn2)C1. The number of carbonyl (C=O) groups excluding carboxylic acids is 1. The molecule has 0 N–H and O–H groups in total. The van der Waals surface area contributed by atoms with E-state index in [-0.39, 0.29) is 17.7 Å². The summed E-state index contributed by atoms with van der Waals surface area (Å²) in [6.07, 6.45) is 5.72. The van der Waals surface area contributed by atoms with Gasteiger partial charge in [0.2, 0.25) is 5.88 Å². The minimum atomic E-state index is -0.161. The third kappa shape index (κ3) is 3.35. The molecule has 4 heterocycles. The fourth-order valence-electron chi connectivity index (χ4n) is 2.78. The topological polar surface area (TPSA) is 81.4 Å². The van der Waals surface area contributed by atoms with E-state index in [0.717, 1.165) is 12.0 Å². The van der Waals surface area contributed by atoms with E-state index in [9.17, 15) is 4.79 Å². The molecule has 25 heavy (non-hydrogen) atoms. The zero-order valence-corrected chi connectivity index (χ0v) is 13.4. The minimum Gasteiger partial charge on any atom is -0.472 e. The summed E-state index contributed by atoms with van der Waals surface area (Å²) in [6.45, 7) is 1.12. The highest BCUT2D eigenvalue weighted by atomic mass is 16.5. The zero-order chi connectivity index (χ0) is 17.1. The second kappa shape index (κ2) is 6.72. The van der Waals surface area contributed by atoms with E-state index in [4.69, 9.17) is 9.26 Å². The van der Waals surface area contributed by atoms with Crippen LogP contribution in [0.25, 0.3) is 11.3 Å². The molecule has 0 spiro atoms. The predicted molar refractivity (Wildman–Crippen MR) is 88.9 cm³/mol. The van der Waals surface area contributed by atoms with Gasteiger partial charge in [-0.05, 0) is 18.2 Å². The number of aromatic nitrogens is 3. The fraction of sp³-hybridized carbons (Fsp3) is 0.222. The molecule has 7 nitrogen and oxygen atoms in total. The van der Waals surface area contributed by atoms with Crippen LogP contribution >= 0.6 is 0 Å². The Morgan fingerprint density at radius 1 is 1.24 bits per heavy atom. The van der Waals surface area contributed by atoms with Crippen molar-refractivity contribution in [2.45, 2.75) is 12.5 Å². The van der Waals surface area contributed by atoms with Crippen molar-refractivity contribution in [3.63, 3.8) is 0 Å². The van der Waals surface area contributed by atoms with Crippen LogP contribution in [-0.4, -0.2) is 45.1 Å². The number of ether oxygens (including phenoxy) is 1. The van der Waals surface area contributed by atoms with Crippen LogP contribution in [0, 0.1) is 0 Å². The van der Waals surface area contributed by atoms with Crippen molar-refractivity contribution in [2.24, 2.45) is 0 Å². The van der Waals surface area contributed by atoms with Gasteiger partial charge in [0.15, 0.2) is 11.5 Å². The lowest BCUT2D eigenvalue weighted by Crippen LogP contribution is -2.31. The van der Waals surface area contributed by atoms with Gasteiger partial charge in [0.05, 0.1) is 6.54 Å². The van der Waals surface area contributed by atoms with Gasteiger partial charge < -0.3 is 14.2 Å². The Kier molecular flexibility index (Phi) is 4.12. The van der Waals surface area contributed by atoms with Crippen molar-refractivity contribution in [3.05, 3.63) is 60.7 Å². The summed E-state index contributed by atoms with van der Waals surface area (Å²) in [5.41, 5.74) is 1.07. The van der Waals surface area contributed by atoms with Crippen LogP contribution in [0.15, 0.2) is 59.5 Å². The lowest BCUT2D eigenvalue weighted by Gasteiger charge is -2.15. The van der Waals surface area contributed by atoms with Crippen molar-refractivity contribution < 1.29 is 14.1 Å². The lowest BCUT2D eigenvalue weighted by molar-refractivity contribution is 0.0761. The monoisotopic (exact) mass is 336 g/mol. The van der Waals surface area contributed by atoms with E-state index in [1.165, 1.54) is 0 Å². The van der Waals surface area contributed by atoms with E-state index in [2.05, 4.69) is 15.1 Å². The van der Waals surface area contributed by atoms with Gasteiger partial charge in [-0.15, -0.1) is 0 Å². The lowest BCUT2D eigenvalue weighted by atomic mass is 10.2. The molecule has 0 bridgehead atoms. The van der Waals surface area contributed by atoms with Gasteiger partial charge >= 0.3 is 0 Å². The van der Waals surface area contributed by atoms with Gasteiger partial charge in [0.25, 0.3) is 5.91 Å². The minimum absolute atomic E-state index is 0.0662. The Hall–Kier alpha value is -3.22. The number of amides is 1. The molecule has 0 radical (unpaired) electrons. The number of hydrogen-bond donors (Lipinski definition) is 0. The van der Waals surface area contributed by atoms with E-state index in [1.807, 2.05) is 24.3 Å². The standard InChI is InChI=1S/C18H16N4O3/c23-18(15-10-16(25-21-15)13-4-3-7-19-11-13)22-9-6-14(12-22)24-17-5-1-2-8-20-17/h1-5,7-8,10-11,14H,6,9,12H2. The highest BCUT2D eigenvalue weighted by Gasteiger charge is 2.30. The molecule has 1 amide bonds. The first-order chi connectivity index (χ1) is 12.3. The number of likely N-dealkylation sites (tertiary alicyclic amines) is 1. The molecule has 0 aliphatic carbocycles. The van der Waals surface area contributed by atoms with Gasteiger partial charge in [0, 0.05) is 49.3 Å². The first-order valence-corrected chi connectivity index (χ1v) is 8.04. The number of rotatable bonds is 4. The molecule has 0 aromatic carbocycles. The normalized spacial score (nSPS) is 16.8. The third-order valence-electron chi connectivity index (χ3n) is 4.03. The fourth-order valence-corrected chi connectivity index (χ4v) is 2.78. The van der Waals surface area contributed by atoms with Crippen LogP contribution in [0.1, 0.15) is 16.9 Å². The number of hydrogen-bond acceptors (Lipinski definition) is 6. The van der Waals surface area contributed by atoms with Crippen LogP contribution < -0.4 is 4.74 Å². The molecule has 3 aromatic heterocycles. The summed E-state index contributed by atoms with van der Waals surface area (Å²) in [5, 5.41) is 3.90. The second-order valence-corrected chi connectivity index (χ2v) is 5.77. The van der Waals surface area contributed by atoms with E-state index < -0.39 is 0 Å². The molecule has 4 rings (SSSR count). The van der Waals surface area contributed by atoms with Gasteiger partial charge in [-0.3, -0.25) is 9.78 Å². The van der Waals surface area contributed by atoms with E-state index in [1.54, 1.807) is 35.6 Å². The summed E-state index contributed by atoms with van der Waals surface area (Å²) in [6, 6.07) is 10.8. The number of carbonyl (C=O) groups is 1. The molecule has 1 aliphatic rings. The Balaban J connectivity index is 1.41. The van der Waals surface area contributed by atoms with Gasteiger partial charge in [-0.1, -0.05) is 11.2 Å². The van der Waals surface area contributed by atoms with Crippen LogP contribution in [0.3, 0.4) is 0 Å². The average molecular weight is 336 g/mol. The Morgan fingerprint density at radius 2 is 2.20 bits per heavy atom. The first-order valence-electron chi connectivity index (χ1n) is 8.04. The highest BCUT2D eigenvalue weighted by molar-refractivity contribution is 5.93. The summed E-state index contributed by atoms with van der Waals surface area (Å²) < 4.78 is 11.1. The molecule has 7 heteroatoms. The molecule has 3 aromatic rings. The van der Waals surface area contributed by atoms with Crippen molar-refractivity contribution >= 4 is 5.91 Å². The van der Waals surface area contributed by atoms with Crippen molar-refractivity contribution in [1.29, 1.82) is 0 Å². The summed E-state index contributed by atoms with van der Waals surface area (Å²) in [7, 11) is 0. The van der Waals surface area contributed by atoms with E-state index >= 15 is 0 Å². The van der Waals surface area contributed by atoms with Gasteiger partial charge in [-0.2, -0.15) is 0 Å². The summed E-state index contributed by atoms with van der Waals surface area (Å²) >= 11 is 0. The average Bonchev–Trinajstić information content (AvgIpc) is 3.33. The molecular formula is C18H16N4O3. The summed E-state index contributed by atoms with van der Waals surface area (Å²) in [5.74, 6) is 0.935. The van der Waals surface area contributed by atoms with Crippen molar-refractivity contribution in [3.8, 4) is 17.2 Å². The van der Waals surface area contributed by atoms with Crippen molar-refractivity contribution in [2.75, 3.05) is 13.1 Å². The third-order valence-corrected chi connectivity index (χ3v) is 4.03. The molecule has 126 valence electrons. The molecule has 1 fully saturated rings. The zero-order valence-electron chi connectivity index (χ0n) is 13.4. The Bertz CT molecular complexity index is 851. The van der Waals surface area contributed by atoms with Crippen molar-refractivity contribution in [1.82, 2.24) is 20.0 Å². The molecular weight excluding hydrogens is 320 g/mol. The maximum atomic E-state index is 12.6. The predicted octanol–water partition coefficient (Wildman–Crippen LogP) is 2.43. The number of pyridine rings is 2. The van der Waals surface area contributed by atoms with Crippen LogP contribution in [0.4, 0.5) is 0 Å². The second-order valence-electron chi connectivity index (χ2n) is 5.77. The van der Waals surface area contributed by atoms with Gasteiger partial charge in [0.1, 0.15) is 6.10 Å². The molecule has 1 saturated heterocycles. The first kappa shape index (κ1) is 15.3. The molecule has 1 aliphatic heterocycles. The largest absolute Gasteiger partial charge is 0.472 e. The Labute approximate surface area is 144 Å². The maximum absolute atomic E-state index is 12.6. The van der Waals surface area contributed by atoms with E-state index in [0.29, 0.717) is 24.7 Å². The van der Waals surface area contributed by atoms with Crippen LogP contribution in [0.5, 0.6) is 5.88 Å². The Morgan fingerprint density at radius 3 is 3.00 bits per heavy atom. The highest BCUT2D eigenvalue weighted by Crippen LogP contribution is 2.22. The van der Waals surface area contributed by atoms with Crippen LogP contribution in [0.2, 0.25) is 0 Å². The quantitative estimate of drug-likeness (QED) is 0.728. The summed E-state index contributed by atoms with van der Waals surface area (Å²) in [4.78, 5) is 22.5. The number of nitrogens with zero attached hydrogens (tertiary/aromatic N) is 4. The molecule has 0 saturated carbocycles. The smallest absolute Gasteiger partial charge is 0.276 e. The van der Waals surface area contributed by atoms with Crippen LogP contribution in [-0.2, 0) is 0 Å². The maximum Gasteiger partial charge on any atom is 0.276 e.